The first-order valence-electron chi connectivity index (χ1n) is 5.58. The molecule has 0 aliphatic heterocycles. The predicted octanol–water partition coefficient (Wildman–Crippen LogP) is 3.27. The Kier molecular flexibility index (Phi) is 2.74. The molecule has 2 unspecified atom stereocenters. The first-order chi connectivity index (χ1) is 7.47. The van der Waals surface area contributed by atoms with Gasteiger partial charge in [-0.05, 0) is 36.9 Å². The summed E-state index contributed by atoms with van der Waals surface area (Å²) in [5.41, 5.74) is 0.364. The van der Waals surface area contributed by atoms with E-state index in [4.69, 9.17) is 0 Å². The van der Waals surface area contributed by atoms with E-state index in [0.29, 0.717) is 5.92 Å². The Morgan fingerprint density at radius 2 is 1.81 bits per heavy atom. The third kappa shape index (κ3) is 1.84. The Morgan fingerprint density at radius 3 is 2.19 bits per heavy atom. The van der Waals surface area contributed by atoms with Crippen LogP contribution in [0.2, 0.25) is 0 Å². The lowest BCUT2D eigenvalue weighted by Gasteiger charge is -2.19. The van der Waals surface area contributed by atoms with Crippen LogP contribution in [0.1, 0.15) is 31.9 Å². The van der Waals surface area contributed by atoms with Crippen molar-refractivity contribution in [2.24, 2.45) is 11.3 Å². The highest BCUT2D eigenvalue weighted by Crippen LogP contribution is 2.58. The summed E-state index contributed by atoms with van der Waals surface area (Å²) in [6.45, 7) is 4.25. The van der Waals surface area contributed by atoms with Crippen LogP contribution < -0.4 is 5.32 Å². The molecule has 1 fully saturated rings. The molecule has 0 saturated heterocycles. The van der Waals surface area contributed by atoms with Crippen molar-refractivity contribution in [3.63, 3.8) is 0 Å². The number of hydrogen-bond acceptors (Lipinski definition) is 1. The van der Waals surface area contributed by atoms with Crippen LogP contribution in [-0.4, -0.2) is 7.05 Å². The van der Waals surface area contributed by atoms with E-state index < -0.39 is 11.6 Å². The summed E-state index contributed by atoms with van der Waals surface area (Å²) in [6.07, 6.45) is 1.01. The molecule has 1 aliphatic rings. The molecule has 0 heterocycles. The second kappa shape index (κ2) is 3.81. The molecular formula is C13H17F2N. The lowest BCUT2D eigenvalue weighted by atomic mass is 9.96. The zero-order chi connectivity index (χ0) is 11.9. The quantitative estimate of drug-likeness (QED) is 0.832. The third-order valence-electron chi connectivity index (χ3n) is 3.61. The fourth-order valence-electron chi connectivity index (χ4n) is 2.43. The highest BCUT2D eigenvalue weighted by molar-refractivity contribution is 5.26. The summed E-state index contributed by atoms with van der Waals surface area (Å²) >= 11 is 0. The van der Waals surface area contributed by atoms with Gasteiger partial charge in [0, 0.05) is 11.6 Å². The maximum absolute atomic E-state index is 13.6. The zero-order valence-electron chi connectivity index (χ0n) is 9.85. The van der Waals surface area contributed by atoms with E-state index in [-0.39, 0.29) is 17.0 Å². The molecule has 1 saturated carbocycles. The van der Waals surface area contributed by atoms with Crippen LogP contribution in [0.5, 0.6) is 0 Å². The zero-order valence-corrected chi connectivity index (χ0v) is 9.85. The van der Waals surface area contributed by atoms with Gasteiger partial charge in [0.1, 0.15) is 11.6 Å². The second-order valence-corrected chi connectivity index (χ2v) is 5.20. The van der Waals surface area contributed by atoms with Crippen LogP contribution in [0.4, 0.5) is 8.78 Å². The molecule has 16 heavy (non-hydrogen) atoms. The molecular weight excluding hydrogens is 208 g/mol. The summed E-state index contributed by atoms with van der Waals surface area (Å²) in [7, 11) is 1.75. The van der Waals surface area contributed by atoms with E-state index in [1.165, 1.54) is 18.2 Å². The van der Waals surface area contributed by atoms with Crippen LogP contribution in [0.25, 0.3) is 0 Å². The highest BCUT2D eigenvalue weighted by atomic mass is 19.1. The maximum atomic E-state index is 13.6. The average molecular weight is 225 g/mol. The minimum Gasteiger partial charge on any atom is -0.313 e. The van der Waals surface area contributed by atoms with Gasteiger partial charge in [-0.15, -0.1) is 0 Å². The first-order valence-corrected chi connectivity index (χ1v) is 5.58. The Morgan fingerprint density at radius 1 is 1.31 bits per heavy atom. The van der Waals surface area contributed by atoms with E-state index in [1.807, 2.05) is 0 Å². The van der Waals surface area contributed by atoms with Gasteiger partial charge < -0.3 is 5.32 Å². The van der Waals surface area contributed by atoms with Crippen LogP contribution in [-0.2, 0) is 0 Å². The molecule has 1 nitrogen and oxygen atoms in total. The molecule has 0 amide bonds. The van der Waals surface area contributed by atoms with Crippen molar-refractivity contribution in [3.05, 3.63) is 35.4 Å². The minimum absolute atomic E-state index is 0.181. The topological polar surface area (TPSA) is 12.0 Å². The van der Waals surface area contributed by atoms with E-state index in [9.17, 15) is 8.78 Å². The molecule has 3 heteroatoms. The monoisotopic (exact) mass is 225 g/mol. The standard InChI is InChI=1S/C13H17F2N/c1-13(2)7-8(13)12(16-3)11-9(14)5-4-6-10(11)15/h4-6,8,12,16H,7H2,1-3H3. The van der Waals surface area contributed by atoms with Crippen molar-refractivity contribution in [3.8, 4) is 0 Å². The molecule has 2 rings (SSSR count). The molecule has 0 spiro atoms. The van der Waals surface area contributed by atoms with Crippen molar-refractivity contribution in [1.29, 1.82) is 0 Å². The van der Waals surface area contributed by atoms with Crippen molar-refractivity contribution in [2.45, 2.75) is 26.3 Å². The van der Waals surface area contributed by atoms with Crippen LogP contribution >= 0.6 is 0 Å². The van der Waals surface area contributed by atoms with Gasteiger partial charge in [-0.2, -0.15) is 0 Å². The summed E-state index contributed by atoms with van der Waals surface area (Å²) in [5.74, 6) is -0.604. The highest BCUT2D eigenvalue weighted by Gasteiger charge is 2.51. The van der Waals surface area contributed by atoms with E-state index in [2.05, 4.69) is 19.2 Å². The van der Waals surface area contributed by atoms with Crippen LogP contribution in [0.15, 0.2) is 18.2 Å². The lowest BCUT2D eigenvalue weighted by Crippen LogP contribution is -2.23. The summed E-state index contributed by atoms with van der Waals surface area (Å²) in [6, 6.07) is 3.81. The third-order valence-corrected chi connectivity index (χ3v) is 3.61. The fraction of sp³-hybridized carbons (Fsp3) is 0.538. The van der Waals surface area contributed by atoms with Crippen molar-refractivity contribution in [2.75, 3.05) is 7.05 Å². The Balaban J connectivity index is 2.35. The number of rotatable bonds is 3. The Labute approximate surface area is 94.9 Å². The Bertz CT molecular complexity index is 381. The van der Waals surface area contributed by atoms with Crippen molar-refractivity contribution in [1.82, 2.24) is 5.32 Å². The summed E-state index contributed by atoms with van der Waals surface area (Å²) in [5, 5.41) is 3.04. The van der Waals surface area contributed by atoms with Gasteiger partial charge in [-0.3, -0.25) is 0 Å². The van der Waals surface area contributed by atoms with Gasteiger partial charge in [-0.1, -0.05) is 19.9 Å². The van der Waals surface area contributed by atoms with Crippen LogP contribution in [0, 0.1) is 23.0 Å². The van der Waals surface area contributed by atoms with Crippen molar-refractivity contribution < 1.29 is 8.78 Å². The van der Waals surface area contributed by atoms with E-state index >= 15 is 0 Å². The van der Waals surface area contributed by atoms with Gasteiger partial charge in [0.15, 0.2) is 0 Å². The van der Waals surface area contributed by atoms with Gasteiger partial charge in [0.05, 0.1) is 0 Å². The molecule has 1 aromatic carbocycles. The number of hydrogen-bond donors (Lipinski definition) is 1. The van der Waals surface area contributed by atoms with Gasteiger partial charge in [-0.25, -0.2) is 8.78 Å². The molecule has 2 atom stereocenters. The molecule has 0 radical (unpaired) electrons. The van der Waals surface area contributed by atoms with E-state index in [0.717, 1.165) is 6.42 Å². The molecule has 0 bridgehead atoms. The largest absolute Gasteiger partial charge is 0.313 e. The summed E-state index contributed by atoms with van der Waals surface area (Å²) in [4.78, 5) is 0. The molecule has 1 aliphatic carbocycles. The summed E-state index contributed by atoms with van der Waals surface area (Å²) < 4.78 is 27.3. The normalized spacial score (nSPS) is 24.2. The second-order valence-electron chi connectivity index (χ2n) is 5.20. The van der Waals surface area contributed by atoms with Crippen molar-refractivity contribution >= 4 is 0 Å². The van der Waals surface area contributed by atoms with Gasteiger partial charge in [0.25, 0.3) is 0 Å². The van der Waals surface area contributed by atoms with E-state index in [1.54, 1.807) is 7.05 Å². The SMILES string of the molecule is CNC(c1c(F)cccc1F)C1CC1(C)C. The number of benzene rings is 1. The average Bonchev–Trinajstić information content (AvgIpc) is 2.81. The predicted molar refractivity (Wildman–Crippen MR) is 60.0 cm³/mol. The first kappa shape index (κ1) is 11.5. The fourth-order valence-corrected chi connectivity index (χ4v) is 2.43. The lowest BCUT2D eigenvalue weighted by molar-refractivity contribution is 0.408. The maximum Gasteiger partial charge on any atom is 0.130 e. The van der Waals surface area contributed by atoms with Gasteiger partial charge >= 0.3 is 0 Å². The van der Waals surface area contributed by atoms with Gasteiger partial charge in [0.2, 0.25) is 0 Å². The van der Waals surface area contributed by atoms with Crippen LogP contribution in [0.3, 0.4) is 0 Å². The molecule has 88 valence electrons. The molecule has 1 aromatic rings. The molecule has 1 N–H and O–H groups in total. The number of nitrogens with one attached hydrogen (secondary N) is 1. The number of halogens is 2. The Hall–Kier alpha value is -0.960. The molecule has 0 aromatic heterocycles. The minimum atomic E-state index is -0.456. The smallest absolute Gasteiger partial charge is 0.130 e.